The summed E-state index contributed by atoms with van der Waals surface area (Å²) in [5.74, 6) is 0.0440. The van der Waals surface area contributed by atoms with E-state index in [-0.39, 0.29) is 10.5 Å². The average molecular weight is 445 g/mol. The first-order valence-corrected chi connectivity index (χ1v) is 10.9. The number of sulfonamides is 1. The van der Waals surface area contributed by atoms with Crippen molar-refractivity contribution in [2.24, 2.45) is 0 Å². The van der Waals surface area contributed by atoms with Gasteiger partial charge in [-0.05, 0) is 67.4 Å². The second kappa shape index (κ2) is 8.77. The molecule has 0 aliphatic rings. The lowest BCUT2D eigenvalue weighted by Gasteiger charge is -2.13. The first-order valence-electron chi connectivity index (χ1n) is 9.04. The number of ether oxygens (including phenoxy) is 1. The van der Waals surface area contributed by atoms with Gasteiger partial charge in [-0.3, -0.25) is 9.52 Å². The van der Waals surface area contributed by atoms with E-state index in [0.717, 1.165) is 5.56 Å². The minimum absolute atomic E-state index is 0.00693. The summed E-state index contributed by atoms with van der Waals surface area (Å²) in [7, 11) is -2.36. The van der Waals surface area contributed by atoms with Gasteiger partial charge in [0.15, 0.2) is 0 Å². The van der Waals surface area contributed by atoms with Crippen molar-refractivity contribution in [1.29, 1.82) is 0 Å². The molecule has 0 radical (unpaired) electrons. The average Bonchev–Trinajstić information content (AvgIpc) is 2.68. The summed E-state index contributed by atoms with van der Waals surface area (Å²) in [5, 5.41) is 3.09. The van der Waals surface area contributed by atoms with Gasteiger partial charge in [0.1, 0.15) is 5.75 Å². The normalized spacial score (nSPS) is 11.1. The van der Waals surface area contributed by atoms with Gasteiger partial charge in [-0.15, -0.1) is 0 Å². The van der Waals surface area contributed by atoms with Crippen molar-refractivity contribution in [3.8, 4) is 5.75 Å². The maximum absolute atomic E-state index is 12.8. The molecule has 3 rings (SSSR count). The number of hydrogen-bond acceptors (Lipinski definition) is 4. The zero-order valence-corrected chi connectivity index (χ0v) is 18.3. The molecule has 0 atom stereocenters. The second-order valence-corrected chi connectivity index (χ2v) is 8.84. The third-order valence-electron chi connectivity index (χ3n) is 4.44. The monoisotopic (exact) mass is 444 g/mol. The van der Waals surface area contributed by atoms with Crippen LogP contribution in [0.3, 0.4) is 0 Å². The predicted octanol–water partition coefficient (Wildman–Crippen LogP) is 5.02. The number of rotatable bonds is 6. The Morgan fingerprint density at radius 1 is 0.967 bits per heavy atom. The van der Waals surface area contributed by atoms with E-state index in [0.29, 0.717) is 27.7 Å². The van der Waals surface area contributed by atoms with Crippen LogP contribution >= 0.6 is 11.6 Å². The van der Waals surface area contributed by atoms with Crippen molar-refractivity contribution in [3.63, 3.8) is 0 Å². The van der Waals surface area contributed by atoms with Crippen LogP contribution in [-0.4, -0.2) is 21.4 Å². The molecular formula is C22H21ClN2O4S. The number of halogens is 1. The number of carbonyl (C=O) groups is 1. The molecular weight excluding hydrogens is 424 g/mol. The fraction of sp³-hybridized carbons (Fsp3) is 0.136. The zero-order chi connectivity index (χ0) is 21.9. The van der Waals surface area contributed by atoms with Gasteiger partial charge >= 0.3 is 0 Å². The third kappa shape index (κ3) is 4.93. The van der Waals surface area contributed by atoms with Crippen LogP contribution in [0.4, 0.5) is 11.4 Å². The lowest BCUT2D eigenvalue weighted by Crippen LogP contribution is -2.17. The molecule has 3 aromatic rings. The molecule has 3 aromatic carbocycles. The van der Waals surface area contributed by atoms with E-state index in [9.17, 15) is 13.2 Å². The number of methoxy groups -OCH3 is 1. The van der Waals surface area contributed by atoms with Gasteiger partial charge in [-0.2, -0.15) is 0 Å². The molecule has 8 heteroatoms. The summed E-state index contributed by atoms with van der Waals surface area (Å²) in [6.07, 6.45) is 0. The molecule has 0 saturated carbocycles. The van der Waals surface area contributed by atoms with Crippen molar-refractivity contribution < 1.29 is 17.9 Å². The Bertz CT molecular complexity index is 1210. The SMILES string of the molecule is COc1ccc(NC(=O)c2cc(S(=O)(=O)Nc3cccc(C)c3)ccc2C)cc1Cl. The highest BCUT2D eigenvalue weighted by Crippen LogP contribution is 2.28. The number of hydrogen-bond donors (Lipinski definition) is 2. The van der Waals surface area contributed by atoms with E-state index >= 15 is 0 Å². The topological polar surface area (TPSA) is 84.5 Å². The first kappa shape index (κ1) is 21.7. The summed E-state index contributed by atoms with van der Waals surface area (Å²) in [5.41, 5.74) is 2.73. The van der Waals surface area contributed by atoms with Gasteiger partial charge < -0.3 is 10.1 Å². The maximum Gasteiger partial charge on any atom is 0.261 e. The smallest absolute Gasteiger partial charge is 0.261 e. The van der Waals surface area contributed by atoms with E-state index in [1.54, 1.807) is 49.4 Å². The van der Waals surface area contributed by atoms with Crippen LogP contribution in [0.15, 0.2) is 65.6 Å². The quantitative estimate of drug-likeness (QED) is 0.559. The highest BCUT2D eigenvalue weighted by atomic mass is 35.5. The minimum Gasteiger partial charge on any atom is -0.495 e. The Hall–Kier alpha value is -3.03. The standard InChI is InChI=1S/C22H21ClN2O4S/c1-14-5-4-6-17(11-14)25-30(27,28)18-9-7-15(2)19(13-18)22(26)24-16-8-10-21(29-3)20(23)12-16/h4-13,25H,1-3H3,(H,24,26). The maximum atomic E-state index is 12.8. The van der Waals surface area contributed by atoms with Crippen LogP contribution in [0.2, 0.25) is 5.02 Å². The number of benzene rings is 3. The van der Waals surface area contributed by atoms with Gasteiger partial charge in [-0.25, -0.2) is 8.42 Å². The van der Waals surface area contributed by atoms with Crippen molar-refractivity contribution >= 4 is 38.9 Å². The number of aryl methyl sites for hydroxylation is 2. The molecule has 2 N–H and O–H groups in total. The molecule has 156 valence electrons. The second-order valence-electron chi connectivity index (χ2n) is 6.76. The highest BCUT2D eigenvalue weighted by molar-refractivity contribution is 7.92. The van der Waals surface area contributed by atoms with Crippen LogP contribution in [0.1, 0.15) is 21.5 Å². The zero-order valence-electron chi connectivity index (χ0n) is 16.7. The van der Waals surface area contributed by atoms with E-state index in [1.165, 1.54) is 19.2 Å². The van der Waals surface area contributed by atoms with Gasteiger partial charge in [-0.1, -0.05) is 29.8 Å². The minimum atomic E-state index is -3.86. The number of anilines is 2. The molecule has 1 amide bonds. The van der Waals surface area contributed by atoms with Crippen LogP contribution < -0.4 is 14.8 Å². The molecule has 0 saturated heterocycles. The highest BCUT2D eigenvalue weighted by Gasteiger charge is 2.19. The molecule has 0 heterocycles. The van der Waals surface area contributed by atoms with E-state index in [4.69, 9.17) is 16.3 Å². The molecule has 0 aromatic heterocycles. The van der Waals surface area contributed by atoms with Gasteiger partial charge in [0, 0.05) is 16.9 Å². The lowest BCUT2D eigenvalue weighted by molar-refractivity contribution is 0.102. The summed E-state index contributed by atoms with van der Waals surface area (Å²) in [6.45, 7) is 3.61. The van der Waals surface area contributed by atoms with Crippen LogP contribution in [-0.2, 0) is 10.0 Å². The van der Waals surface area contributed by atoms with Crippen molar-refractivity contribution in [3.05, 3.63) is 82.4 Å². The predicted molar refractivity (Wildman–Crippen MR) is 119 cm³/mol. The lowest BCUT2D eigenvalue weighted by atomic mass is 10.1. The third-order valence-corrected chi connectivity index (χ3v) is 6.12. The van der Waals surface area contributed by atoms with Crippen molar-refractivity contribution in [2.45, 2.75) is 18.7 Å². The number of amides is 1. The molecule has 0 fully saturated rings. The van der Waals surface area contributed by atoms with E-state index in [2.05, 4.69) is 10.0 Å². The van der Waals surface area contributed by atoms with E-state index in [1.807, 2.05) is 13.0 Å². The van der Waals surface area contributed by atoms with Crippen LogP contribution in [0.25, 0.3) is 0 Å². The largest absolute Gasteiger partial charge is 0.495 e. The molecule has 0 aliphatic carbocycles. The van der Waals surface area contributed by atoms with Gasteiger partial charge in [0.05, 0.1) is 17.0 Å². The summed E-state index contributed by atoms with van der Waals surface area (Å²) >= 11 is 6.10. The molecule has 0 aliphatic heterocycles. The van der Waals surface area contributed by atoms with Crippen molar-refractivity contribution in [1.82, 2.24) is 0 Å². The summed E-state index contributed by atoms with van der Waals surface area (Å²) < 4.78 is 33.2. The summed E-state index contributed by atoms with van der Waals surface area (Å²) in [4.78, 5) is 12.8. The van der Waals surface area contributed by atoms with Crippen molar-refractivity contribution in [2.75, 3.05) is 17.1 Å². The molecule has 0 bridgehead atoms. The number of nitrogens with one attached hydrogen (secondary N) is 2. The fourth-order valence-corrected chi connectivity index (χ4v) is 4.21. The molecule has 30 heavy (non-hydrogen) atoms. The van der Waals surface area contributed by atoms with Gasteiger partial charge in [0.25, 0.3) is 15.9 Å². The Kier molecular flexibility index (Phi) is 6.34. The Balaban J connectivity index is 1.87. The fourth-order valence-electron chi connectivity index (χ4n) is 2.88. The Morgan fingerprint density at radius 2 is 1.73 bits per heavy atom. The molecule has 0 unspecified atom stereocenters. The Morgan fingerprint density at radius 3 is 2.40 bits per heavy atom. The number of carbonyl (C=O) groups excluding carboxylic acids is 1. The summed E-state index contributed by atoms with van der Waals surface area (Å²) in [6, 6.07) is 16.3. The van der Waals surface area contributed by atoms with Crippen LogP contribution in [0, 0.1) is 13.8 Å². The van der Waals surface area contributed by atoms with Crippen LogP contribution in [0.5, 0.6) is 5.75 Å². The van der Waals surface area contributed by atoms with Gasteiger partial charge in [0.2, 0.25) is 0 Å². The Labute approximate surface area is 180 Å². The molecule has 0 spiro atoms. The molecule has 6 nitrogen and oxygen atoms in total. The first-order chi connectivity index (χ1) is 14.2. The van der Waals surface area contributed by atoms with E-state index < -0.39 is 15.9 Å².